The number of piperidine rings is 1. The minimum Gasteiger partial charge on any atom is -0.481 e. The predicted octanol–water partition coefficient (Wildman–Crippen LogP) is 1.58. The summed E-state index contributed by atoms with van der Waals surface area (Å²) in [6.07, 6.45) is 5.95. The maximum absolute atomic E-state index is 12.3. The van der Waals surface area contributed by atoms with Crippen molar-refractivity contribution in [3.63, 3.8) is 0 Å². The molecule has 2 aliphatic rings. The molecule has 1 amide bonds. The molecule has 2 aliphatic heterocycles. The second-order valence-corrected chi connectivity index (χ2v) is 6.44. The van der Waals surface area contributed by atoms with Crippen molar-refractivity contribution in [2.24, 2.45) is 5.41 Å². The van der Waals surface area contributed by atoms with Gasteiger partial charge in [-0.3, -0.25) is 14.5 Å². The Kier molecular flexibility index (Phi) is 5.02. The molecular formula is C15H26N2O3. The summed E-state index contributed by atoms with van der Waals surface area (Å²) in [4.78, 5) is 27.6. The van der Waals surface area contributed by atoms with Crippen LogP contribution in [0, 0.1) is 5.41 Å². The number of amides is 1. The molecule has 0 atom stereocenters. The van der Waals surface area contributed by atoms with Crippen LogP contribution in [0.25, 0.3) is 0 Å². The van der Waals surface area contributed by atoms with Gasteiger partial charge in [-0.05, 0) is 45.7 Å². The van der Waals surface area contributed by atoms with Gasteiger partial charge in [-0.1, -0.05) is 12.8 Å². The van der Waals surface area contributed by atoms with E-state index in [0.29, 0.717) is 32.5 Å². The third-order valence-corrected chi connectivity index (χ3v) is 4.79. The molecule has 0 spiro atoms. The number of aliphatic carboxylic acids is 1. The lowest BCUT2D eigenvalue weighted by Gasteiger charge is -2.36. The maximum atomic E-state index is 12.3. The van der Waals surface area contributed by atoms with Crippen LogP contribution in [0.1, 0.15) is 45.4 Å². The van der Waals surface area contributed by atoms with E-state index < -0.39 is 11.4 Å². The summed E-state index contributed by atoms with van der Waals surface area (Å²) in [6.45, 7) is 5.46. The fourth-order valence-electron chi connectivity index (χ4n) is 3.03. The quantitative estimate of drug-likeness (QED) is 0.853. The molecule has 0 radical (unpaired) electrons. The molecule has 1 N–H and O–H groups in total. The van der Waals surface area contributed by atoms with E-state index >= 15 is 0 Å². The van der Waals surface area contributed by atoms with E-state index in [1.165, 1.54) is 12.8 Å². The number of hydrogen-bond acceptors (Lipinski definition) is 3. The average Bonchev–Trinajstić information content (AvgIpc) is 2.70. The van der Waals surface area contributed by atoms with Crippen molar-refractivity contribution < 1.29 is 14.7 Å². The lowest BCUT2D eigenvalue weighted by Crippen LogP contribution is -2.47. The van der Waals surface area contributed by atoms with Crippen LogP contribution in [0.2, 0.25) is 0 Å². The molecule has 114 valence electrons. The molecule has 0 unspecified atom stereocenters. The molecule has 0 saturated carbocycles. The number of carbonyl (C=O) groups is 2. The van der Waals surface area contributed by atoms with Gasteiger partial charge in [0.2, 0.25) is 5.91 Å². The van der Waals surface area contributed by atoms with Gasteiger partial charge in [0, 0.05) is 13.1 Å². The monoisotopic (exact) mass is 282 g/mol. The summed E-state index contributed by atoms with van der Waals surface area (Å²) >= 11 is 0. The Bertz CT molecular complexity index is 354. The topological polar surface area (TPSA) is 60.9 Å². The SMILES string of the molecule is CC1(C(=O)O)CCN(CC(=O)N2CCCCCC2)CC1. The molecule has 2 rings (SSSR count). The minimum absolute atomic E-state index is 0.214. The van der Waals surface area contributed by atoms with Crippen LogP contribution in [0.15, 0.2) is 0 Å². The van der Waals surface area contributed by atoms with Crippen LogP contribution in [0.5, 0.6) is 0 Å². The summed E-state index contributed by atoms with van der Waals surface area (Å²) in [5, 5.41) is 9.21. The smallest absolute Gasteiger partial charge is 0.309 e. The maximum Gasteiger partial charge on any atom is 0.309 e. The first-order valence-electron chi connectivity index (χ1n) is 7.75. The van der Waals surface area contributed by atoms with Gasteiger partial charge < -0.3 is 10.0 Å². The summed E-state index contributed by atoms with van der Waals surface area (Å²) in [5.74, 6) is -0.498. The molecule has 0 aliphatic carbocycles. The summed E-state index contributed by atoms with van der Waals surface area (Å²) in [7, 11) is 0. The molecule has 5 heteroatoms. The molecule has 20 heavy (non-hydrogen) atoms. The van der Waals surface area contributed by atoms with Gasteiger partial charge in [0.05, 0.1) is 12.0 Å². The zero-order valence-electron chi connectivity index (χ0n) is 12.4. The van der Waals surface area contributed by atoms with Crippen molar-refractivity contribution in [1.82, 2.24) is 9.80 Å². The number of carboxylic acids is 1. The summed E-state index contributed by atoms with van der Waals surface area (Å²) in [6, 6.07) is 0. The second-order valence-electron chi connectivity index (χ2n) is 6.44. The highest BCUT2D eigenvalue weighted by Gasteiger charge is 2.37. The van der Waals surface area contributed by atoms with E-state index in [1.807, 2.05) is 11.8 Å². The van der Waals surface area contributed by atoms with Gasteiger partial charge in [0.25, 0.3) is 0 Å². The fraction of sp³-hybridized carbons (Fsp3) is 0.867. The van der Waals surface area contributed by atoms with Gasteiger partial charge >= 0.3 is 5.97 Å². The highest BCUT2D eigenvalue weighted by atomic mass is 16.4. The van der Waals surface area contributed by atoms with Crippen LogP contribution in [-0.2, 0) is 9.59 Å². The van der Waals surface area contributed by atoms with Gasteiger partial charge in [-0.25, -0.2) is 0 Å². The molecule has 0 bridgehead atoms. The molecular weight excluding hydrogens is 256 g/mol. The van der Waals surface area contributed by atoms with Crippen molar-refractivity contribution in [2.75, 3.05) is 32.7 Å². The van der Waals surface area contributed by atoms with E-state index in [0.717, 1.165) is 25.9 Å². The number of carboxylic acid groups (broad SMARTS) is 1. The largest absolute Gasteiger partial charge is 0.481 e. The van der Waals surface area contributed by atoms with E-state index in [2.05, 4.69) is 4.90 Å². The number of likely N-dealkylation sites (tertiary alicyclic amines) is 2. The Balaban J connectivity index is 1.80. The van der Waals surface area contributed by atoms with Crippen LogP contribution in [0.4, 0.5) is 0 Å². The number of nitrogens with zero attached hydrogens (tertiary/aromatic N) is 2. The third kappa shape index (κ3) is 3.72. The molecule has 5 nitrogen and oxygen atoms in total. The Morgan fingerprint density at radius 2 is 1.55 bits per heavy atom. The van der Waals surface area contributed by atoms with Crippen LogP contribution in [-0.4, -0.2) is 59.5 Å². The zero-order valence-corrected chi connectivity index (χ0v) is 12.4. The van der Waals surface area contributed by atoms with Gasteiger partial charge in [0.15, 0.2) is 0 Å². The van der Waals surface area contributed by atoms with E-state index in [-0.39, 0.29) is 5.91 Å². The lowest BCUT2D eigenvalue weighted by molar-refractivity contribution is -0.150. The highest BCUT2D eigenvalue weighted by molar-refractivity contribution is 5.78. The van der Waals surface area contributed by atoms with Crippen LogP contribution >= 0.6 is 0 Å². The first-order chi connectivity index (χ1) is 9.51. The minimum atomic E-state index is -0.712. The molecule has 2 saturated heterocycles. The summed E-state index contributed by atoms with van der Waals surface area (Å²) < 4.78 is 0. The third-order valence-electron chi connectivity index (χ3n) is 4.79. The molecule has 2 fully saturated rings. The lowest BCUT2D eigenvalue weighted by atomic mass is 9.80. The van der Waals surface area contributed by atoms with Crippen LogP contribution in [0.3, 0.4) is 0 Å². The standard InChI is InChI=1S/C15H26N2O3/c1-15(14(19)20)6-10-16(11-7-15)12-13(18)17-8-4-2-3-5-9-17/h2-12H2,1H3,(H,19,20). The Morgan fingerprint density at radius 1 is 1.00 bits per heavy atom. The van der Waals surface area contributed by atoms with Gasteiger partial charge in [-0.2, -0.15) is 0 Å². The average molecular weight is 282 g/mol. The number of rotatable bonds is 3. The van der Waals surface area contributed by atoms with Crippen molar-refractivity contribution in [2.45, 2.75) is 45.4 Å². The first-order valence-corrected chi connectivity index (χ1v) is 7.75. The van der Waals surface area contributed by atoms with E-state index in [9.17, 15) is 14.7 Å². The van der Waals surface area contributed by atoms with Crippen molar-refractivity contribution in [1.29, 1.82) is 0 Å². The van der Waals surface area contributed by atoms with Crippen molar-refractivity contribution in [3.8, 4) is 0 Å². The normalized spacial score (nSPS) is 24.1. The van der Waals surface area contributed by atoms with E-state index in [1.54, 1.807) is 0 Å². The summed E-state index contributed by atoms with van der Waals surface area (Å²) in [5.41, 5.74) is -0.609. The predicted molar refractivity (Wildman–Crippen MR) is 76.5 cm³/mol. The van der Waals surface area contributed by atoms with Crippen molar-refractivity contribution >= 4 is 11.9 Å². The Labute approximate surface area is 120 Å². The number of carbonyl (C=O) groups excluding carboxylic acids is 1. The first kappa shape index (κ1) is 15.3. The molecule has 0 aromatic heterocycles. The van der Waals surface area contributed by atoms with Crippen LogP contribution < -0.4 is 0 Å². The van der Waals surface area contributed by atoms with Crippen molar-refractivity contribution in [3.05, 3.63) is 0 Å². The van der Waals surface area contributed by atoms with Gasteiger partial charge in [0.1, 0.15) is 0 Å². The molecule has 0 aromatic rings. The number of hydrogen-bond donors (Lipinski definition) is 1. The molecule has 2 heterocycles. The van der Waals surface area contributed by atoms with E-state index in [4.69, 9.17) is 0 Å². The fourth-order valence-corrected chi connectivity index (χ4v) is 3.03. The Morgan fingerprint density at radius 3 is 2.05 bits per heavy atom. The second kappa shape index (κ2) is 6.57. The van der Waals surface area contributed by atoms with Gasteiger partial charge in [-0.15, -0.1) is 0 Å². The highest BCUT2D eigenvalue weighted by Crippen LogP contribution is 2.30. The Hall–Kier alpha value is -1.10. The zero-order chi connectivity index (χ0) is 14.6. The molecule has 0 aromatic carbocycles.